The molecule has 3 saturated carbocycles. The second-order valence-electron chi connectivity index (χ2n) is 7.19. The minimum atomic E-state index is -0.534. The Bertz CT molecular complexity index is 670. The van der Waals surface area contributed by atoms with Crippen molar-refractivity contribution in [3.8, 4) is 0 Å². The Morgan fingerprint density at radius 1 is 1.08 bits per heavy atom. The van der Waals surface area contributed by atoms with Crippen molar-refractivity contribution < 1.29 is 9.72 Å². The van der Waals surface area contributed by atoms with Crippen molar-refractivity contribution in [2.75, 3.05) is 5.32 Å². The summed E-state index contributed by atoms with van der Waals surface area (Å²) in [6, 6.07) is 5.95. The van der Waals surface area contributed by atoms with Crippen molar-refractivity contribution >= 4 is 40.5 Å². The lowest BCUT2D eigenvalue weighted by Crippen LogP contribution is -2.15. The molecule has 128 valence electrons. The number of hydrogen-bond donors (Lipinski definition) is 1. The smallest absolute Gasteiger partial charge is 0.269 e. The van der Waals surface area contributed by atoms with Gasteiger partial charge >= 0.3 is 0 Å². The highest BCUT2D eigenvalue weighted by atomic mass is 35.5. The summed E-state index contributed by atoms with van der Waals surface area (Å²) in [6.45, 7) is 0. The second kappa shape index (κ2) is 5.60. The number of nitro groups is 1. The molecule has 5 nitrogen and oxygen atoms in total. The molecule has 0 saturated heterocycles. The van der Waals surface area contributed by atoms with Crippen molar-refractivity contribution in [2.24, 2.45) is 29.6 Å². The number of amides is 1. The fourth-order valence-electron chi connectivity index (χ4n) is 4.51. The van der Waals surface area contributed by atoms with Gasteiger partial charge in [-0.2, -0.15) is 0 Å². The molecule has 5 atom stereocenters. The summed E-state index contributed by atoms with van der Waals surface area (Å²) >= 11 is 12.6. The van der Waals surface area contributed by atoms with E-state index in [9.17, 15) is 14.9 Å². The van der Waals surface area contributed by atoms with Crippen LogP contribution in [0.4, 0.5) is 11.4 Å². The third kappa shape index (κ3) is 2.68. The molecule has 0 heterocycles. The number of non-ortho nitro benzene ring substituents is 1. The molecule has 0 aromatic heterocycles. The van der Waals surface area contributed by atoms with Gasteiger partial charge in [-0.15, -0.1) is 23.2 Å². The van der Waals surface area contributed by atoms with Crippen LogP contribution < -0.4 is 5.32 Å². The number of nitro benzene ring substituents is 1. The van der Waals surface area contributed by atoms with Crippen LogP contribution >= 0.6 is 23.2 Å². The first-order valence-electron chi connectivity index (χ1n) is 8.32. The zero-order chi connectivity index (χ0) is 17.1. The van der Waals surface area contributed by atoms with E-state index in [1.807, 2.05) is 0 Å². The van der Waals surface area contributed by atoms with Gasteiger partial charge in [0.1, 0.15) is 4.33 Å². The SMILES string of the molecule is O=C(Nc1ccc([N+](=O)[O-])cc1)C1[C@H]2CC[C@@H]3[C@H](CC[C@H]12)C3(Cl)Cl. The van der Waals surface area contributed by atoms with Crippen LogP contribution in [0.2, 0.25) is 0 Å². The second-order valence-corrected chi connectivity index (χ2v) is 8.63. The highest BCUT2D eigenvalue weighted by Gasteiger charge is 2.65. The van der Waals surface area contributed by atoms with E-state index in [1.54, 1.807) is 12.1 Å². The minimum absolute atomic E-state index is 0.0194. The van der Waals surface area contributed by atoms with Gasteiger partial charge in [0, 0.05) is 23.7 Å². The standard InChI is InChI=1S/C17H18Cl2N2O3/c18-17(19)13-7-5-11-12(6-8-14(13)17)15(11)16(22)20-9-1-3-10(4-2-9)21(23)24/h1-4,11-15H,5-8H2,(H,20,22)/t11-,12-,13-,14+,15?/m0/s1. The van der Waals surface area contributed by atoms with Crippen LogP contribution in [-0.4, -0.2) is 15.2 Å². The lowest BCUT2D eigenvalue weighted by atomic mass is 10.0. The first-order chi connectivity index (χ1) is 11.4. The van der Waals surface area contributed by atoms with Gasteiger partial charge in [0.15, 0.2) is 0 Å². The summed E-state index contributed by atoms with van der Waals surface area (Å²) < 4.78 is -0.534. The number of rotatable bonds is 3. The molecule has 1 amide bonds. The maximum Gasteiger partial charge on any atom is 0.269 e. The molecule has 4 rings (SSSR count). The van der Waals surface area contributed by atoms with Crippen molar-refractivity contribution in [3.63, 3.8) is 0 Å². The number of carbonyl (C=O) groups excluding carboxylic acids is 1. The summed E-state index contributed by atoms with van der Waals surface area (Å²) in [6.07, 6.45) is 4.01. The topological polar surface area (TPSA) is 72.2 Å². The minimum Gasteiger partial charge on any atom is -0.326 e. The van der Waals surface area contributed by atoms with Gasteiger partial charge in [0.25, 0.3) is 5.69 Å². The van der Waals surface area contributed by atoms with E-state index < -0.39 is 9.26 Å². The Hall–Kier alpha value is -1.33. The van der Waals surface area contributed by atoms with Gasteiger partial charge in [-0.1, -0.05) is 0 Å². The van der Waals surface area contributed by atoms with Gasteiger partial charge in [-0.25, -0.2) is 0 Å². The van der Waals surface area contributed by atoms with Crippen LogP contribution in [0.15, 0.2) is 24.3 Å². The van der Waals surface area contributed by atoms with Crippen LogP contribution in [0.25, 0.3) is 0 Å². The van der Waals surface area contributed by atoms with Crippen molar-refractivity contribution in [1.29, 1.82) is 0 Å². The molecule has 1 aromatic carbocycles. The first-order valence-corrected chi connectivity index (χ1v) is 9.08. The number of anilines is 1. The summed E-state index contributed by atoms with van der Waals surface area (Å²) in [4.78, 5) is 22.7. The zero-order valence-electron chi connectivity index (χ0n) is 13.0. The summed E-state index contributed by atoms with van der Waals surface area (Å²) in [5, 5.41) is 13.6. The molecule has 0 spiro atoms. The summed E-state index contributed by atoms with van der Waals surface area (Å²) in [7, 11) is 0. The molecule has 1 N–H and O–H groups in total. The average molecular weight is 369 g/mol. The molecule has 3 aliphatic carbocycles. The van der Waals surface area contributed by atoms with E-state index in [-0.39, 0.29) is 17.5 Å². The molecule has 0 bridgehead atoms. The van der Waals surface area contributed by atoms with E-state index in [2.05, 4.69) is 5.32 Å². The van der Waals surface area contributed by atoms with Gasteiger partial charge in [-0.3, -0.25) is 14.9 Å². The van der Waals surface area contributed by atoms with E-state index in [4.69, 9.17) is 23.2 Å². The van der Waals surface area contributed by atoms with Gasteiger partial charge in [0.2, 0.25) is 5.91 Å². The number of nitrogens with zero attached hydrogens (tertiary/aromatic N) is 1. The van der Waals surface area contributed by atoms with Crippen molar-refractivity contribution in [3.05, 3.63) is 34.4 Å². The number of alkyl halides is 2. The van der Waals surface area contributed by atoms with E-state index in [0.29, 0.717) is 29.4 Å². The molecule has 0 aliphatic heterocycles. The normalized spacial score (nSPS) is 35.7. The van der Waals surface area contributed by atoms with E-state index in [0.717, 1.165) is 25.7 Å². The van der Waals surface area contributed by atoms with E-state index >= 15 is 0 Å². The predicted molar refractivity (Wildman–Crippen MR) is 92.1 cm³/mol. The maximum absolute atomic E-state index is 12.5. The molecule has 1 aromatic rings. The molecule has 3 fully saturated rings. The molecule has 7 heteroatoms. The Morgan fingerprint density at radius 2 is 1.62 bits per heavy atom. The van der Waals surface area contributed by atoms with Crippen molar-refractivity contribution in [1.82, 2.24) is 0 Å². The van der Waals surface area contributed by atoms with Crippen LogP contribution in [0, 0.1) is 39.7 Å². The first kappa shape index (κ1) is 16.2. The third-order valence-corrected chi connectivity index (χ3v) is 7.09. The fraction of sp³-hybridized carbons (Fsp3) is 0.588. The lowest BCUT2D eigenvalue weighted by molar-refractivity contribution is -0.384. The van der Waals surface area contributed by atoms with Gasteiger partial charge < -0.3 is 5.32 Å². The molecule has 0 radical (unpaired) electrons. The van der Waals surface area contributed by atoms with Crippen LogP contribution in [0.3, 0.4) is 0 Å². The number of benzene rings is 1. The fourth-order valence-corrected chi connectivity index (χ4v) is 5.42. The number of nitrogens with one attached hydrogen (secondary N) is 1. The van der Waals surface area contributed by atoms with Gasteiger partial charge in [0.05, 0.1) is 4.92 Å². The highest BCUT2D eigenvalue weighted by Crippen LogP contribution is 2.67. The predicted octanol–water partition coefficient (Wildman–Crippen LogP) is 4.39. The largest absolute Gasteiger partial charge is 0.326 e. The van der Waals surface area contributed by atoms with E-state index in [1.165, 1.54) is 12.1 Å². The Balaban J connectivity index is 1.36. The highest BCUT2D eigenvalue weighted by molar-refractivity contribution is 6.51. The lowest BCUT2D eigenvalue weighted by Gasteiger charge is -2.05. The van der Waals surface area contributed by atoms with Crippen LogP contribution in [-0.2, 0) is 4.79 Å². The number of halogens is 2. The monoisotopic (exact) mass is 368 g/mol. The number of fused-ring (bicyclic) bond motifs is 2. The van der Waals surface area contributed by atoms with Crippen molar-refractivity contribution in [2.45, 2.75) is 30.0 Å². The Kier molecular flexibility index (Phi) is 3.77. The quantitative estimate of drug-likeness (QED) is 0.488. The summed E-state index contributed by atoms with van der Waals surface area (Å²) in [5.74, 6) is 1.71. The maximum atomic E-state index is 12.5. The molecule has 1 unspecified atom stereocenters. The third-order valence-electron chi connectivity index (χ3n) is 5.97. The molecule has 24 heavy (non-hydrogen) atoms. The number of hydrogen-bond acceptors (Lipinski definition) is 3. The Labute approximate surface area is 149 Å². The summed E-state index contributed by atoms with van der Waals surface area (Å²) in [5.41, 5.74) is 0.624. The Morgan fingerprint density at radius 3 is 2.12 bits per heavy atom. The molecular formula is C17H18Cl2N2O3. The zero-order valence-corrected chi connectivity index (χ0v) is 14.5. The van der Waals surface area contributed by atoms with Crippen LogP contribution in [0.5, 0.6) is 0 Å². The number of carbonyl (C=O) groups is 1. The van der Waals surface area contributed by atoms with Crippen LogP contribution in [0.1, 0.15) is 25.7 Å². The molecule has 3 aliphatic rings. The van der Waals surface area contributed by atoms with Gasteiger partial charge in [-0.05, 0) is 61.5 Å². The molecular weight excluding hydrogens is 351 g/mol. The average Bonchev–Trinajstić information content (AvgIpc) is 3.32.